The van der Waals surface area contributed by atoms with E-state index < -0.39 is 17.8 Å². The van der Waals surface area contributed by atoms with E-state index in [1.807, 2.05) is 13.8 Å². The van der Waals surface area contributed by atoms with Crippen LogP contribution in [-0.2, 0) is 0 Å². The van der Waals surface area contributed by atoms with Crippen LogP contribution in [0.4, 0.5) is 4.39 Å². The van der Waals surface area contributed by atoms with Crippen molar-refractivity contribution in [2.45, 2.75) is 32.8 Å². The van der Waals surface area contributed by atoms with E-state index in [9.17, 15) is 14.3 Å². The predicted octanol–water partition coefficient (Wildman–Crippen LogP) is 3.01. The lowest BCUT2D eigenvalue weighted by atomic mass is 9.96. The first-order valence-corrected chi connectivity index (χ1v) is 6.78. The summed E-state index contributed by atoms with van der Waals surface area (Å²) in [6.45, 7) is 4.09. The standard InChI is InChI=1S/C14H19ClFNO2/c1-3-9(4-2)13(18)8-17-14(19)11-6-5-10(15)7-12(11)16/h5-7,9,13,18H,3-4,8H2,1-2H3,(H,17,19). The van der Waals surface area contributed by atoms with Gasteiger partial charge in [0, 0.05) is 11.6 Å². The highest BCUT2D eigenvalue weighted by Crippen LogP contribution is 2.15. The molecule has 0 fully saturated rings. The minimum absolute atomic E-state index is 0.0684. The van der Waals surface area contributed by atoms with E-state index >= 15 is 0 Å². The molecule has 5 heteroatoms. The summed E-state index contributed by atoms with van der Waals surface area (Å²) in [5, 5.41) is 12.7. The van der Waals surface area contributed by atoms with Crippen LogP contribution in [0.1, 0.15) is 37.0 Å². The van der Waals surface area contributed by atoms with Crippen molar-refractivity contribution in [2.24, 2.45) is 5.92 Å². The summed E-state index contributed by atoms with van der Waals surface area (Å²) in [7, 11) is 0. The van der Waals surface area contributed by atoms with Gasteiger partial charge in [0.2, 0.25) is 0 Å². The van der Waals surface area contributed by atoms with Crippen molar-refractivity contribution in [1.29, 1.82) is 0 Å². The van der Waals surface area contributed by atoms with E-state index in [1.165, 1.54) is 12.1 Å². The number of nitrogens with one attached hydrogen (secondary N) is 1. The van der Waals surface area contributed by atoms with Crippen LogP contribution in [0.2, 0.25) is 5.02 Å². The molecule has 0 spiro atoms. The fourth-order valence-electron chi connectivity index (χ4n) is 1.97. The van der Waals surface area contributed by atoms with E-state index in [4.69, 9.17) is 11.6 Å². The summed E-state index contributed by atoms with van der Waals surface area (Å²) in [6.07, 6.45) is 1.06. The molecule has 1 unspecified atom stereocenters. The fourth-order valence-corrected chi connectivity index (χ4v) is 2.12. The second kappa shape index (κ2) is 7.46. The van der Waals surface area contributed by atoms with Crippen LogP contribution in [-0.4, -0.2) is 23.7 Å². The van der Waals surface area contributed by atoms with E-state index in [-0.39, 0.29) is 23.0 Å². The molecular formula is C14H19ClFNO2. The van der Waals surface area contributed by atoms with Gasteiger partial charge in [-0.3, -0.25) is 4.79 Å². The molecule has 0 saturated heterocycles. The molecule has 1 atom stereocenters. The minimum atomic E-state index is -0.665. The number of hydrogen-bond acceptors (Lipinski definition) is 2. The topological polar surface area (TPSA) is 49.3 Å². The SMILES string of the molecule is CCC(CC)C(O)CNC(=O)c1ccc(Cl)cc1F. The molecule has 0 saturated carbocycles. The van der Waals surface area contributed by atoms with Crippen LogP contribution in [0.5, 0.6) is 0 Å². The van der Waals surface area contributed by atoms with Gasteiger partial charge in [0.1, 0.15) is 5.82 Å². The molecule has 2 N–H and O–H groups in total. The van der Waals surface area contributed by atoms with Gasteiger partial charge in [0.15, 0.2) is 0 Å². The largest absolute Gasteiger partial charge is 0.391 e. The number of carbonyl (C=O) groups is 1. The smallest absolute Gasteiger partial charge is 0.254 e. The Morgan fingerprint density at radius 2 is 2.05 bits per heavy atom. The van der Waals surface area contributed by atoms with Gasteiger partial charge in [0.05, 0.1) is 11.7 Å². The highest BCUT2D eigenvalue weighted by Gasteiger charge is 2.18. The lowest BCUT2D eigenvalue weighted by Gasteiger charge is -2.20. The Kier molecular flexibility index (Phi) is 6.25. The zero-order valence-corrected chi connectivity index (χ0v) is 11.9. The summed E-state index contributed by atoms with van der Waals surface area (Å²) in [6, 6.07) is 3.88. The highest BCUT2D eigenvalue weighted by molar-refractivity contribution is 6.30. The predicted molar refractivity (Wildman–Crippen MR) is 73.8 cm³/mol. The van der Waals surface area contributed by atoms with Gasteiger partial charge in [-0.1, -0.05) is 38.3 Å². The lowest BCUT2D eigenvalue weighted by molar-refractivity contribution is 0.0813. The average molecular weight is 288 g/mol. The van der Waals surface area contributed by atoms with Gasteiger partial charge >= 0.3 is 0 Å². The molecule has 3 nitrogen and oxygen atoms in total. The number of benzene rings is 1. The molecule has 19 heavy (non-hydrogen) atoms. The Labute approximate surface area is 117 Å². The van der Waals surface area contributed by atoms with Gasteiger partial charge in [-0.25, -0.2) is 4.39 Å². The van der Waals surface area contributed by atoms with Crippen molar-refractivity contribution >= 4 is 17.5 Å². The number of halogens is 2. The zero-order valence-electron chi connectivity index (χ0n) is 11.1. The summed E-state index contributed by atoms with van der Waals surface area (Å²) >= 11 is 5.62. The number of aliphatic hydroxyl groups is 1. The van der Waals surface area contributed by atoms with E-state index in [2.05, 4.69) is 5.32 Å². The second-order valence-electron chi connectivity index (χ2n) is 4.48. The zero-order chi connectivity index (χ0) is 14.4. The summed E-state index contributed by atoms with van der Waals surface area (Å²) in [5.74, 6) is -1.07. The van der Waals surface area contributed by atoms with Gasteiger partial charge in [-0.15, -0.1) is 0 Å². The molecule has 0 radical (unpaired) electrons. The third kappa shape index (κ3) is 4.48. The number of carbonyl (C=O) groups excluding carboxylic acids is 1. The first-order valence-electron chi connectivity index (χ1n) is 6.40. The van der Waals surface area contributed by atoms with Crippen LogP contribution >= 0.6 is 11.6 Å². The Morgan fingerprint density at radius 3 is 2.58 bits per heavy atom. The molecule has 1 rings (SSSR count). The van der Waals surface area contributed by atoms with Gasteiger partial charge in [-0.2, -0.15) is 0 Å². The normalized spacial score (nSPS) is 12.5. The van der Waals surface area contributed by atoms with Gasteiger partial charge < -0.3 is 10.4 Å². The summed E-state index contributed by atoms with van der Waals surface area (Å²) < 4.78 is 13.5. The maximum atomic E-state index is 13.5. The third-order valence-corrected chi connectivity index (χ3v) is 3.48. The molecule has 106 valence electrons. The van der Waals surface area contributed by atoms with Crippen LogP contribution in [0.25, 0.3) is 0 Å². The molecule has 1 aromatic carbocycles. The number of rotatable bonds is 6. The Bertz CT molecular complexity index is 435. The second-order valence-corrected chi connectivity index (χ2v) is 4.91. The van der Waals surface area contributed by atoms with E-state index in [1.54, 1.807) is 0 Å². The monoisotopic (exact) mass is 287 g/mol. The van der Waals surface area contributed by atoms with E-state index in [0.717, 1.165) is 18.9 Å². The minimum Gasteiger partial charge on any atom is -0.391 e. The van der Waals surface area contributed by atoms with Crippen molar-refractivity contribution in [3.63, 3.8) is 0 Å². The maximum Gasteiger partial charge on any atom is 0.254 e. The molecule has 0 aliphatic heterocycles. The van der Waals surface area contributed by atoms with Crippen molar-refractivity contribution in [1.82, 2.24) is 5.32 Å². The summed E-state index contributed by atoms with van der Waals surface area (Å²) in [5.41, 5.74) is -0.0684. The Balaban J connectivity index is 2.60. The first-order chi connectivity index (χ1) is 8.99. The lowest BCUT2D eigenvalue weighted by Crippen LogP contribution is -2.36. The van der Waals surface area contributed by atoms with Crippen molar-refractivity contribution in [3.8, 4) is 0 Å². The summed E-state index contributed by atoms with van der Waals surface area (Å²) in [4.78, 5) is 11.8. The molecule has 0 aromatic heterocycles. The van der Waals surface area contributed by atoms with Crippen molar-refractivity contribution < 1.29 is 14.3 Å². The fraction of sp³-hybridized carbons (Fsp3) is 0.500. The van der Waals surface area contributed by atoms with Gasteiger partial charge in [-0.05, 0) is 24.1 Å². The molecule has 0 heterocycles. The molecule has 0 aliphatic carbocycles. The third-order valence-electron chi connectivity index (χ3n) is 3.24. The highest BCUT2D eigenvalue weighted by atomic mass is 35.5. The van der Waals surface area contributed by atoms with Crippen molar-refractivity contribution in [2.75, 3.05) is 6.54 Å². The van der Waals surface area contributed by atoms with Gasteiger partial charge in [0.25, 0.3) is 5.91 Å². The Hall–Kier alpha value is -1.13. The number of hydrogen-bond donors (Lipinski definition) is 2. The molecule has 0 bridgehead atoms. The van der Waals surface area contributed by atoms with E-state index in [0.29, 0.717) is 0 Å². The number of aliphatic hydroxyl groups excluding tert-OH is 1. The molecule has 1 aromatic rings. The quantitative estimate of drug-likeness (QED) is 0.845. The van der Waals surface area contributed by atoms with Crippen LogP contribution in [0, 0.1) is 11.7 Å². The van der Waals surface area contributed by atoms with Crippen LogP contribution in [0.15, 0.2) is 18.2 Å². The van der Waals surface area contributed by atoms with Crippen LogP contribution < -0.4 is 5.32 Å². The molecular weight excluding hydrogens is 269 g/mol. The maximum absolute atomic E-state index is 13.5. The molecule has 1 amide bonds. The molecule has 0 aliphatic rings. The van der Waals surface area contributed by atoms with Crippen LogP contribution in [0.3, 0.4) is 0 Å². The van der Waals surface area contributed by atoms with Crippen molar-refractivity contribution in [3.05, 3.63) is 34.6 Å². The number of amides is 1. The first kappa shape index (κ1) is 15.9. The Morgan fingerprint density at radius 1 is 1.42 bits per heavy atom. The average Bonchev–Trinajstić information content (AvgIpc) is 2.37.